The smallest absolute Gasteiger partial charge is 0.0266 e. The van der Waals surface area contributed by atoms with E-state index in [2.05, 4.69) is 27.7 Å². The summed E-state index contributed by atoms with van der Waals surface area (Å²) in [5.74, 6) is 1.89. The van der Waals surface area contributed by atoms with Crippen LogP contribution < -0.4 is 0 Å². The standard InChI is InChI=1S/C12H22/c1-9(2)12-6-5-11(4,8-12)10(3)7-12/h9-10H,5-8H2,1-4H3. The summed E-state index contributed by atoms with van der Waals surface area (Å²) < 4.78 is 0. The lowest BCUT2D eigenvalue weighted by atomic mass is 9.71. The Morgan fingerprint density at radius 2 is 1.92 bits per heavy atom. The van der Waals surface area contributed by atoms with Crippen molar-refractivity contribution >= 4 is 0 Å². The van der Waals surface area contributed by atoms with E-state index in [1.807, 2.05) is 0 Å². The third kappa shape index (κ3) is 0.900. The Morgan fingerprint density at radius 3 is 2.17 bits per heavy atom. The van der Waals surface area contributed by atoms with Crippen molar-refractivity contribution in [2.24, 2.45) is 22.7 Å². The first-order valence-corrected chi connectivity index (χ1v) is 5.49. The van der Waals surface area contributed by atoms with E-state index in [1.54, 1.807) is 0 Å². The Morgan fingerprint density at radius 1 is 1.25 bits per heavy atom. The first-order chi connectivity index (χ1) is 5.49. The molecule has 0 aromatic carbocycles. The third-order valence-electron chi connectivity index (χ3n) is 5.08. The van der Waals surface area contributed by atoms with Gasteiger partial charge in [0.15, 0.2) is 0 Å². The molecule has 0 saturated heterocycles. The molecule has 70 valence electrons. The summed E-state index contributed by atoms with van der Waals surface area (Å²) in [6.07, 6.45) is 6.01. The van der Waals surface area contributed by atoms with Crippen LogP contribution in [0.15, 0.2) is 0 Å². The second kappa shape index (κ2) is 2.27. The average Bonchev–Trinajstić information content (AvgIpc) is 2.41. The molecule has 2 bridgehead atoms. The zero-order valence-electron chi connectivity index (χ0n) is 8.98. The average molecular weight is 166 g/mol. The van der Waals surface area contributed by atoms with Gasteiger partial charge in [-0.2, -0.15) is 0 Å². The summed E-state index contributed by atoms with van der Waals surface area (Å²) in [5.41, 5.74) is 1.46. The Hall–Kier alpha value is 0. The lowest BCUT2D eigenvalue weighted by molar-refractivity contribution is 0.166. The maximum Gasteiger partial charge on any atom is -0.0266 e. The van der Waals surface area contributed by atoms with Crippen molar-refractivity contribution in [1.29, 1.82) is 0 Å². The molecule has 0 spiro atoms. The van der Waals surface area contributed by atoms with Crippen LogP contribution in [0.25, 0.3) is 0 Å². The fourth-order valence-corrected chi connectivity index (χ4v) is 3.70. The summed E-state index contributed by atoms with van der Waals surface area (Å²) in [6, 6.07) is 0. The topological polar surface area (TPSA) is 0 Å². The van der Waals surface area contributed by atoms with Gasteiger partial charge in [0.1, 0.15) is 0 Å². The van der Waals surface area contributed by atoms with Gasteiger partial charge in [-0.25, -0.2) is 0 Å². The van der Waals surface area contributed by atoms with Gasteiger partial charge >= 0.3 is 0 Å². The highest BCUT2D eigenvalue weighted by atomic mass is 14.6. The van der Waals surface area contributed by atoms with Crippen LogP contribution >= 0.6 is 0 Å². The summed E-state index contributed by atoms with van der Waals surface area (Å²) in [5, 5.41) is 0. The largest absolute Gasteiger partial charge is 0.0622 e. The van der Waals surface area contributed by atoms with Gasteiger partial charge in [-0.3, -0.25) is 0 Å². The second-order valence-electron chi connectivity index (χ2n) is 5.95. The van der Waals surface area contributed by atoms with Crippen LogP contribution in [0.4, 0.5) is 0 Å². The summed E-state index contributed by atoms with van der Waals surface area (Å²) in [4.78, 5) is 0. The molecule has 0 nitrogen and oxygen atoms in total. The summed E-state index contributed by atoms with van der Waals surface area (Å²) in [6.45, 7) is 9.81. The van der Waals surface area contributed by atoms with E-state index in [4.69, 9.17) is 0 Å². The van der Waals surface area contributed by atoms with Crippen LogP contribution in [0.1, 0.15) is 53.4 Å². The quantitative estimate of drug-likeness (QED) is 0.555. The first-order valence-electron chi connectivity index (χ1n) is 5.49. The van der Waals surface area contributed by atoms with E-state index in [9.17, 15) is 0 Å². The predicted molar refractivity (Wildman–Crippen MR) is 53.0 cm³/mol. The van der Waals surface area contributed by atoms with E-state index in [1.165, 1.54) is 25.7 Å². The molecule has 0 heteroatoms. The normalized spacial score (nSPS) is 52.2. The molecule has 0 aliphatic heterocycles. The molecule has 0 heterocycles. The minimum Gasteiger partial charge on any atom is -0.0622 e. The fourth-order valence-electron chi connectivity index (χ4n) is 3.70. The highest BCUT2D eigenvalue weighted by molar-refractivity contribution is 5.06. The highest BCUT2D eigenvalue weighted by Gasteiger charge is 2.56. The minimum absolute atomic E-state index is 0.713. The van der Waals surface area contributed by atoms with Crippen molar-refractivity contribution < 1.29 is 0 Å². The van der Waals surface area contributed by atoms with E-state index in [-0.39, 0.29) is 0 Å². The van der Waals surface area contributed by atoms with Gasteiger partial charge in [-0.15, -0.1) is 0 Å². The molecular formula is C12H22. The zero-order chi connectivity index (χ0) is 8.98. The molecule has 2 aliphatic carbocycles. The van der Waals surface area contributed by atoms with Crippen LogP contribution in [0.3, 0.4) is 0 Å². The molecule has 0 aromatic rings. The van der Waals surface area contributed by atoms with Gasteiger partial charge < -0.3 is 0 Å². The molecule has 0 N–H and O–H groups in total. The van der Waals surface area contributed by atoms with E-state index < -0.39 is 0 Å². The predicted octanol–water partition coefficient (Wildman–Crippen LogP) is 3.86. The Bertz CT molecular complexity index is 194. The van der Waals surface area contributed by atoms with Crippen LogP contribution in [-0.4, -0.2) is 0 Å². The van der Waals surface area contributed by atoms with Crippen LogP contribution in [0.5, 0.6) is 0 Å². The first kappa shape index (κ1) is 8.59. The molecule has 3 unspecified atom stereocenters. The molecule has 0 aromatic heterocycles. The molecule has 2 aliphatic rings. The number of fused-ring (bicyclic) bond motifs is 2. The Kier molecular flexibility index (Phi) is 1.63. The van der Waals surface area contributed by atoms with Gasteiger partial charge in [0.2, 0.25) is 0 Å². The molecule has 0 amide bonds. The lowest BCUT2D eigenvalue weighted by Gasteiger charge is -2.34. The van der Waals surface area contributed by atoms with Crippen molar-refractivity contribution in [2.45, 2.75) is 53.4 Å². The van der Waals surface area contributed by atoms with E-state index >= 15 is 0 Å². The maximum absolute atomic E-state index is 2.51. The highest BCUT2D eigenvalue weighted by Crippen LogP contribution is 2.66. The molecule has 3 atom stereocenters. The number of hydrogen-bond donors (Lipinski definition) is 0. The number of rotatable bonds is 1. The summed E-state index contributed by atoms with van der Waals surface area (Å²) in [7, 11) is 0. The van der Waals surface area contributed by atoms with Crippen LogP contribution in [0.2, 0.25) is 0 Å². The SMILES string of the molecule is CC1CC2(C(C)C)CCC1(C)C2. The summed E-state index contributed by atoms with van der Waals surface area (Å²) >= 11 is 0. The monoisotopic (exact) mass is 166 g/mol. The van der Waals surface area contributed by atoms with Crippen molar-refractivity contribution in [3.63, 3.8) is 0 Å². The Balaban J connectivity index is 2.25. The van der Waals surface area contributed by atoms with Gasteiger partial charge in [0.25, 0.3) is 0 Å². The fraction of sp³-hybridized carbons (Fsp3) is 1.00. The second-order valence-corrected chi connectivity index (χ2v) is 5.95. The lowest BCUT2D eigenvalue weighted by Crippen LogP contribution is -2.24. The van der Waals surface area contributed by atoms with Crippen molar-refractivity contribution in [1.82, 2.24) is 0 Å². The molecule has 2 rings (SSSR count). The molecule has 2 fully saturated rings. The minimum atomic E-state index is 0.713. The number of hydrogen-bond acceptors (Lipinski definition) is 0. The van der Waals surface area contributed by atoms with Gasteiger partial charge in [0.05, 0.1) is 0 Å². The molecule has 2 saturated carbocycles. The molecule has 12 heavy (non-hydrogen) atoms. The molecule has 0 radical (unpaired) electrons. The molecular weight excluding hydrogens is 144 g/mol. The zero-order valence-corrected chi connectivity index (χ0v) is 8.98. The van der Waals surface area contributed by atoms with Gasteiger partial charge in [-0.1, -0.05) is 27.7 Å². The van der Waals surface area contributed by atoms with Gasteiger partial charge in [0, 0.05) is 0 Å². The Labute approximate surface area is 76.7 Å². The van der Waals surface area contributed by atoms with Crippen LogP contribution in [0, 0.1) is 22.7 Å². The van der Waals surface area contributed by atoms with Crippen molar-refractivity contribution in [3.8, 4) is 0 Å². The third-order valence-corrected chi connectivity index (χ3v) is 5.08. The van der Waals surface area contributed by atoms with E-state index in [0.29, 0.717) is 5.41 Å². The van der Waals surface area contributed by atoms with Crippen molar-refractivity contribution in [3.05, 3.63) is 0 Å². The van der Waals surface area contributed by atoms with Gasteiger partial charge in [-0.05, 0) is 48.3 Å². The van der Waals surface area contributed by atoms with E-state index in [0.717, 1.165) is 17.3 Å². The van der Waals surface area contributed by atoms with Crippen molar-refractivity contribution in [2.75, 3.05) is 0 Å². The maximum atomic E-state index is 2.51. The van der Waals surface area contributed by atoms with Crippen LogP contribution in [-0.2, 0) is 0 Å².